The molecule has 0 amide bonds. The lowest BCUT2D eigenvalue weighted by molar-refractivity contribution is 0.636. The van der Waals surface area contributed by atoms with Crippen LogP contribution in [0.25, 0.3) is 0 Å². The number of anilines is 1. The van der Waals surface area contributed by atoms with Gasteiger partial charge < -0.3 is 5.73 Å². The first-order valence-electron chi connectivity index (χ1n) is 3.99. The highest BCUT2D eigenvalue weighted by Gasteiger charge is 1.80. The molecule has 1 aromatic rings. The number of benzene rings is 1. The van der Waals surface area contributed by atoms with Crippen LogP contribution in [0.15, 0.2) is 24.3 Å². The Morgan fingerprint density at radius 2 is 1.33 bits per heavy atom. The number of rotatable bonds is 0. The van der Waals surface area contributed by atoms with Gasteiger partial charge in [-0.15, -0.1) is 0 Å². The molecular formula is C10H18FN. The zero-order valence-electron chi connectivity index (χ0n) is 8.26. The van der Waals surface area contributed by atoms with Gasteiger partial charge in [-0.3, -0.25) is 4.39 Å². The van der Waals surface area contributed by atoms with E-state index in [2.05, 4.69) is 0 Å². The van der Waals surface area contributed by atoms with E-state index in [4.69, 9.17) is 5.73 Å². The van der Waals surface area contributed by atoms with Crippen molar-refractivity contribution in [2.45, 2.75) is 20.8 Å². The third kappa shape index (κ3) is 7.06. The summed E-state index contributed by atoms with van der Waals surface area (Å²) in [6.45, 7) is 6.04. The maximum absolute atomic E-state index is 9.50. The van der Waals surface area contributed by atoms with Crippen LogP contribution in [0.3, 0.4) is 0 Å². The fraction of sp³-hybridized carbons (Fsp3) is 0.400. The molecule has 0 saturated heterocycles. The summed E-state index contributed by atoms with van der Waals surface area (Å²) < 4.78 is 9.50. The Labute approximate surface area is 74.4 Å². The van der Waals surface area contributed by atoms with Crippen LogP contribution in [0.2, 0.25) is 0 Å². The Balaban J connectivity index is 0. The summed E-state index contributed by atoms with van der Waals surface area (Å²) in [5, 5.41) is 0. The Morgan fingerprint density at radius 3 is 1.58 bits per heavy atom. The summed E-state index contributed by atoms with van der Waals surface area (Å²) in [6, 6.07) is 7.79. The van der Waals surface area contributed by atoms with Gasteiger partial charge in [0.05, 0.1) is 7.18 Å². The van der Waals surface area contributed by atoms with Gasteiger partial charge >= 0.3 is 0 Å². The predicted molar refractivity (Wildman–Crippen MR) is 54.0 cm³/mol. The molecule has 2 N–H and O–H groups in total. The summed E-state index contributed by atoms with van der Waals surface area (Å²) in [5.74, 6) is 0. The summed E-state index contributed by atoms with van der Waals surface area (Å²) in [5.41, 5.74) is 7.51. The average Bonchev–Trinajstić information content (AvgIpc) is 2.17. The third-order valence-electron chi connectivity index (χ3n) is 1.08. The second kappa shape index (κ2) is 9.95. The minimum absolute atomic E-state index is 0.500. The van der Waals surface area contributed by atoms with E-state index in [1.165, 1.54) is 5.56 Å². The zero-order valence-corrected chi connectivity index (χ0v) is 8.26. The predicted octanol–water partition coefficient (Wildman–Crippen LogP) is 3.19. The molecule has 0 aromatic heterocycles. The number of aryl methyl sites for hydroxylation is 1. The maximum Gasteiger partial charge on any atom is 0.0785 e. The van der Waals surface area contributed by atoms with Crippen LogP contribution in [-0.4, -0.2) is 7.18 Å². The first-order chi connectivity index (χ1) is 5.79. The molecule has 0 spiro atoms. The molecule has 0 bridgehead atoms. The monoisotopic (exact) mass is 171 g/mol. The van der Waals surface area contributed by atoms with E-state index in [1.807, 2.05) is 45.0 Å². The molecule has 1 aromatic carbocycles. The largest absolute Gasteiger partial charge is 0.399 e. The number of nitrogens with two attached hydrogens (primary N) is 1. The van der Waals surface area contributed by atoms with Crippen molar-refractivity contribution >= 4 is 5.69 Å². The molecule has 70 valence electrons. The lowest BCUT2D eigenvalue weighted by atomic mass is 10.2. The van der Waals surface area contributed by atoms with Gasteiger partial charge in [0.2, 0.25) is 0 Å². The van der Waals surface area contributed by atoms with Gasteiger partial charge in [0.15, 0.2) is 0 Å². The van der Waals surface area contributed by atoms with E-state index in [-0.39, 0.29) is 0 Å². The SMILES string of the molecule is CC.CF.Cc1ccc(N)cc1. The van der Waals surface area contributed by atoms with E-state index in [1.54, 1.807) is 0 Å². The summed E-state index contributed by atoms with van der Waals surface area (Å²) in [7, 11) is 0.500. The Kier molecular flexibility index (Phi) is 11.2. The standard InChI is InChI=1S/C7H9N.C2H6.CH3F/c1-6-2-4-7(8)5-3-6;2*1-2/h2-5H,8H2,1H3;1-2H3;1H3. The Bertz CT molecular complexity index is 149. The molecule has 0 unspecified atom stereocenters. The van der Waals surface area contributed by atoms with Crippen LogP contribution in [0.4, 0.5) is 10.1 Å². The first-order valence-corrected chi connectivity index (χ1v) is 3.99. The number of nitrogen functional groups attached to an aromatic ring is 1. The normalized spacial score (nSPS) is 7.08. The molecule has 0 radical (unpaired) electrons. The van der Waals surface area contributed by atoms with Crippen LogP contribution in [0, 0.1) is 6.92 Å². The second-order valence-corrected chi connectivity index (χ2v) is 1.91. The molecule has 0 aliphatic carbocycles. The number of alkyl halides is 1. The fourth-order valence-electron chi connectivity index (χ4n) is 0.566. The minimum Gasteiger partial charge on any atom is -0.399 e. The number of halogens is 1. The molecule has 1 nitrogen and oxygen atoms in total. The number of hydrogen-bond donors (Lipinski definition) is 1. The van der Waals surface area contributed by atoms with E-state index < -0.39 is 0 Å². The van der Waals surface area contributed by atoms with E-state index >= 15 is 0 Å². The van der Waals surface area contributed by atoms with E-state index in [0.717, 1.165) is 5.69 Å². The van der Waals surface area contributed by atoms with Gasteiger partial charge in [-0.25, -0.2) is 0 Å². The topological polar surface area (TPSA) is 26.0 Å². The molecule has 0 aliphatic heterocycles. The van der Waals surface area contributed by atoms with Crippen molar-refractivity contribution in [2.24, 2.45) is 0 Å². The molecule has 12 heavy (non-hydrogen) atoms. The van der Waals surface area contributed by atoms with Crippen molar-refractivity contribution in [2.75, 3.05) is 12.9 Å². The van der Waals surface area contributed by atoms with E-state index in [0.29, 0.717) is 7.18 Å². The van der Waals surface area contributed by atoms with Gasteiger partial charge in [0.1, 0.15) is 0 Å². The first kappa shape index (κ1) is 13.5. The Hall–Kier alpha value is -1.05. The average molecular weight is 171 g/mol. The van der Waals surface area contributed by atoms with Crippen molar-refractivity contribution in [1.29, 1.82) is 0 Å². The molecular weight excluding hydrogens is 153 g/mol. The fourth-order valence-corrected chi connectivity index (χ4v) is 0.566. The zero-order chi connectivity index (χ0) is 9.98. The highest BCUT2D eigenvalue weighted by molar-refractivity contribution is 5.38. The van der Waals surface area contributed by atoms with Crippen LogP contribution < -0.4 is 5.73 Å². The van der Waals surface area contributed by atoms with Gasteiger partial charge in [-0.05, 0) is 19.1 Å². The summed E-state index contributed by atoms with van der Waals surface area (Å²) >= 11 is 0. The van der Waals surface area contributed by atoms with Crippen molar-refractivity contribution < 1.29 is 4.39 Å². The highest BCUT2D eigenvalue weighted by Crippen LogP contribution is 2.02. The van der Waals surface area contributed by atoms with Gasteiger partial charge in [-0.1, -0.05) is 31.5 Å². The molecule has 0 aliphatic rings. The third-order valence-corrected chi connectivity index (χ3v) is 1.08. The Morgan fingerprint density at radius 1 is 1.00 bits per heavy atom. The molecule has 2 heteroatoms. The van der Waals surface area contributed by atoms with Crippen LogP contribution in [0.1, 0.15) is 19.4 Å². The quantitative estimate of drug-likeness (QED) is 0.596. The lowest BCUT2D eigenvalue weighted by Gasteiger charge is -1.90. The van der Waals surface area contributed by atoms with Gasteiger partial charge in [-0.2, -0.15) is 0 Å². The second-order valence-electron chi connectivity index (χ2n) is 1.91. The minimum atomic E-state index is 0.500. The van der Waals surface area contributed by atoms with Gasteiger partial charge in [0.25, 0.3) is 0 Å². The molecule has 0 atom stereocenters. The smallest absolute Gasteiger partial charge is 0.0785 e. The van der Waals surface area contributed by atoms with Crippen molar-refractivity contribution in [1.82, 2.24) is 0 Å². The maximum atomic E-state index is 9.50. The lowest BCUT2D eigenvalue weighted by Crippen LogP contribution is -1.81. The molecule has 1 rings (SSSR count). The van der Waals surface area contributed by atoms with Crippen LogP contribution in [-0.2, 0) is 0 Å². The van der Waals surface area contributed by atoms with Crippen LogP contribution >= 0.6 is 0 Å². The van der Waals surface area contributed by atoms with Crippen molar-refractivity contribution in [3.05, 3.63) is 29.8 Å². The van der Waals surface area contributed by atoms with Gasteiger partial charge in [0, 0.05) is 5.69 Å². The summed E-state index contributed by atoms with van der Waals surface area (Å²) in [4.78, 5) is 0. The van der Waals surface area contributed by atoms with Crippen molar-refractivity contribution in [3.63, 3.8) is 0 Å². The number of hydrogen-bond acceptors (Lipinski definition) is 1. The molecule has 0 fully saturated rings. The highest BCUT2D eigenvalue weighted by atomic mass is 19.1. The van der Waals surface area contributed by atoms with Crippen molar-refractivity contribution in [3.8, 4) is 0 Å². The van der Waals surface area contributed by atoms with E-state index in [9.17, 15) is 4.39 Å². The molecule has 0 saturated carbocycles. The molecule has 0 heterocycles. The summed E-state index contributed by atoms with van der Waals surface area (Å²) in [6.07, 6.45) is 0. The van der Waals surface area contributed by atoms with Crippen LogP contribution in [0.5, 0.6) is 0 Å².